The van der Waals surface area contributed by atoms with Gasteiger partial charge in [0.05, 0.1) is 0 Å². The lowest BCUT2D eigenvalue weighted by atomic mass is 10.1. The van der Waals surface area contributed by atoms with Gasteiger partial charge in [0, 0.05) is 22.3 Å². The molecule has 0 fully saturated rings. The van der Waals surface area contributed by atoms with E-state index >= 15 is 0 Å². The number of carbonyl (C=O) groups excluding carboxylic acids is 1. The molecule has 0 bridgehead atoms. The predicted octanol–water partition coefficient (Wildman–Crippen LogP) is 4.62. The highest BCUT2D eigenvalue weighted by molar-refractivity contribution is 6.31. The summed E-state index contributed by atoms with van der Waals surface area (Å²) < 4.78 is 5.65. The number of hydrogen-bond donors (Lipinski definition) is 1. The van der Waals surface area contributed by atoms with Gasteiger partial charge in [0.1, 0.15) is 12.4 Å². The molecule has 4 heteroatoms. The van der Waals surface area contributed by atoms with Gasteiger partial charge in [0.15, 0.2) is 0 Å². The Morgan fingerprint density at radius 1 is 1.26 bits per heavy atom. The summed E-state index contributed by atoms with van der Waals surface area (Å²) in [6.07, 6.45) is 5.29. The maximum atomic E-state index is 12.1. The number of nitrogens with one attached hydrogen (secondary N) is 1. The molecular formula is C19H16ClNO2. The van der Waals surface area contributed by atoms with Crippen LogP contribution < -0.4 is 10.1 Å². The van der Waals surface area contributed by atoms with Gasteiger partial charge < -0.3 is 10.1 Å². The molecule has 1 aliphatic rings. The summed E-state index contributed by atoms with van der Waals surface area (Å²) in [5.41, 5.74) is 3.64. The van der Waals surface area contributed by atoms with E-state index in [9.17, 15) is 4.79 Å². The molecule has 0 atom stereocenters. The fourth-order valence-corrected chi connectivity index (χ4v) is 2.49. The van der Waals surface area contributed by atoms with Crippen molar-refractivity contribution in [2.45, 2.75) is 6.92 Å². The first-order chi connectivity index (χ1) is 11.1. The van der Waals surface area contributed by atoms with Crippen molar-refractivity contribution in [3.63, 3.8) is 0 Å². The molecule has 2 aromatic carbocycles. The van der Waals surface area contributed by atoms with E-state index in [-0.39, 0.29) is 5.91 Å². The van der Waals surface area contributed by atoms with Gasteiger partial charge in [-0.25, -0.2) is 0 Å². The number of anilines is 1. The van der Waals surface area contributed by atoms with Gasteiger partial charge in [-0.3, -0.25) is 4.79 Å². The molecule has 1 amide bonds. The second-order valence-corrected chi connectivity index (χ2v) is 5.76. The SMILES string of the molecule is Cc1ccc(Cl)cc1NC(=O)/C=C/C1=Cc2ccccc2OC1. The van der Waals surface area contributed by atoms with E-state index in [1.165, 1.54) is 6.08 Å². The molecule has 0 spiro atoms. The second-order valence-electron chi connectivity index (χ2n) is 5.33. The minimum absolute atomic E-state index is 0.199. The number of hydrogen-bond acceptors (Lipinski definition) is 2. The van der Waals surface area contributed by atoms with Gasteiger partial charge in [-0.1, -0.05) is 41.9 Å². The Kier molecular flexibility index (Phi) is 4.49. The highest BCUT2D eigenvalue weighted by Gasteiger charge is 2.09. The summed E-state index contributed by atoms with van der Waals surface area (Å²) in [7, 11) is 0. The first kappa shape index (κ1) is 15.4. The number of halogens is 1. The van der Waals surface area contributed by atoms with Crippen LogP contribution in [-0.4, -0.2) is 12.5 Å². The van der Waals surface area contributed by atoms with Crippen molar-refractivity contribution in [2.75, 3.05) is 11.9 Å². The zero-order valence-corrected chi connectivity index (χ0v) is 13.4. The zero-order valence-electron chi connectivity index (χ0n) is 12.7. The van der Waals surface area contributed by atoms with Crippen molar-refractivity contribution in [3.05, 3.63) is 76.3 Å². The quantitative estimate of drug-likeness (QED) is 0.836. The van der Waals surface area contributed by atoms with E-state index < -0.39 is 0 Å². The average molecular weight is 326 g/mol. The fraction of sp³-hybridized carbons (Fsp3) is 0.105. The predicted molar refractivity (Wildman–Crippen MR) is 93.9 cm³/mol. The first-order valence-electron chi connectivity index (χ1n) is 7.29. The van der Waals surface area contributed by atoms with Crippen molar-refractivity contribution < 1.29 is 9.53 Å². The summed E-state index contributed by atoms with van der Waals surface area (Å²) in [6.45, 7) is 2.38. The van der Waals surface area contributed by atoms with Gasteiger partial charge in [0.2, 0.25) is 5.91 Å². The largest absolute Gasteiger partial charge is 0.488 e. The number of ether oxygens (including phenoxy) is 1. The maximum Gasteiger partial charge on any atom is 0.248 e. The van der Waals surface area contributed by atoms with Crippen molar-refractivity contribution in [1.82, 2.24) is 0 Å². The Morgan fingerprint density at radius 3 is 2.96 bits per heavy atom. The summed E-state index contributed by atoms with van der Waals surface area (Å²) in [5, 5.41) is 3.42. The first-order valence-corrected chi connectivity index (χ1v) is 7.67. The Balaban J connectivity index is 1.70. The number of carbonyl (C=O) groups is 1. The van der Waals surface area contributed by atoms with E-state index in [1.54, 1.807) is 18.2 Å². The van der Waals surface area contributed by atoms with Gasteiger partial charge in [-0.2, -0.15) is 0 Å². The van der Waals surface area contributed by atoms with Gasteiger partial charge >= 0.3 is 0 Å². The Labute approximate surface area is 140 Å². The normalized spacial score (nSPS) is 13.2. The van der Waals surface area contributed by atoms with E-state index in [2.05, 4.69) is 5.32 Å². The highest BCUT2D eigenvalue weighted by atomic mass is 35.5. The van der Waals surface area contributed by atoms with E-state index in [1.807, 2.05) is 43.3 Å². The van der Waals surface area contributed by atoms with Crippen molar-refractivity contribution in [3.8, 4) is 5.75 Å². The van der Waals surface area contributed by atoms with Crippen LogP contribution in [0.3, 0.4) is 0 Å². The van der Waals surface area contributed by atoms with E-state index in [0.717, 1.165) is 22.4 Å². The number of fused-ring (bicyclic) bond motifs is 1. The minimum atomic E-state index is -0.199. The lowest BCUT2D eigenvalue weighted by Crippen LogP contribution is -2.10. The van der Waals surface area contributed by atoms with Crippen LogP contribution in [0.15, 0.2) is 60.2 Å². The standard InChI is InChI=1S/C19H16ClNO2/c1-13-6-8-16(20)11-17(13)21-19(22)9-7-14-10-15-4-2-3-5-18(15)23-12-14/h2-11H,12H2,1H3,(H,21,22)/b9-7+. The number of aryl methyl sites for hydroxylation is 1. The molecule has 0 saturated heterocycles. The molecule has 23 heavy (non-hydrogen) atoms. The maximum absolute atomic E-state index is 12.1. The monoisotopic (exact) mass is 325 g/mol. The molecule has 1 heterocycles. The molecule has 3 rings (SSSR count). The molecule has 0 aliphatic carbocycles. The van der Waals surface area contributed by atoms with Crippen molar-refractivity contribution in [1.29, 1.82) is 0 Å². The molecule has 0 saturated carbocycles. The molecule has 116 valence electrons. The number of para-hydroxylation sites is 1. The van der Waals surface area contributed by atoms with Crippen LogP contribution in [0.1, 0.15) is 11.1 Å². The molecule has 0 unspecified atom stereocenters. The van der Waals surface area contributed by atoms with Crippen LogP contribution in [0.25, 0.3) is 6.08 Å². The molecule has 1 aliphatic heterocycles. The summed E-state index contributed by atoms with van der Waals surface area (Å²) in [6, 6.07) is 13.2. The van der Waals surface area contributed by atoms with Crippen LogP contribution in [0.5, 0.6) is 5.75 Å². The fourth-order valence-electron chi connectivity index (χ4n) is 2.32. The Bertz CT molecular complexity index is 809. The smallest absolute Gasteiger partial charge is 0.248 e. The summed E-state index contributed by atoms with van der Waals surface area (Å²) >= 11 is 5.95. The Hall–Kier alpha value is -2.52. The van der Waals surface area contributed by atoms with Crippen molar-refractivity contribution >= 4 is 29.3 Å². The minimum Gasteiger partial charge on any atom is -0.488 e. The highest BCUT2D eigenvalue weighted by Crippen LogP contribution is 2.26. The van der Waals surface area contributed by atoms with Crippen LogP contribution in [-0.2, 0) is 4.79 Å². The Morgan fingerprint density at radius 2 is 2.09 bits per heavy atom. The molecular weight excluding hydrogens is 310 g/mol. The number of rotatable bonds is 3. The topological polar surface area (TPSA) is 38.3 Å². The molecule has 0 aromatic heterocycles. The molecule has 1 N–H and O–H groups in total. The van der Waals surface area contributed by atoms with Gasteiger partial charge in [0.25, 0.3) is 0 Å². The number of benzene rings is 2. The molecule has 0 radical (unpaired) electrons. The molecule has 3 nitrogen and oxygen atoms in total. The van der Waals surface area contributed by atoms with Crippen LogP contribution >= 0.6 is 11.6 Å². The van der Waals surface area contributed by atoms with Gasteiger partial charge in [-0.05, 0) is 42.3 Å². The summed E-state index contributed by atoms with van der Waals surface area (Å²) in [4.78, 5) is 12.1. The lowest BCUT2D eigenvalue weighted by molar-refractivity contribution is -0.111. The third kappa shape index (κ3) is 3.82. The average Bonchev–Trinajstić information content (AvgIpc) is 2.56. The van der Waals surface area contributed by atoms with E-state index in [4.69, 9.17) is 16.3 Å². The number of amides is 1. The third-order valence-corrected chi connectivity index (χ3v) is 3.80. The second kappa shape index (κ2) is 6.71. The summed E-state index contributed by atoms with van der Waals surface area (Å²) in [5.74, 6) is 0.666. The molecule has 2 aromatic rings. The van der Waals surface area contributed by atoms with Crippen LogP contribution in [0, 0.1) is 6.92 Å². The third-order valence-electron chi connectivity index (χ3n) is 3.56. The van der Waals surface area contributed by atoms with Crippen LogP contribution in [0.4, 0.5) is 5.69 Å². The van der Waals surface area contributed by atoms with Gasteiger partial charge in [-0.15, -0.1) is 0 Å². The van der Waals surface area contributed by atoms with Crippen LogP contribution in [0.2, 0.25) is 5.02 Å². The zero-order chi connectivity index (χ0) is 16.2. The van der Waals surface area contributed by atoms with Crippen molar-refractivity contribution in [2.24, 2.45) is 0 Å². The lowest BCUT2D eigenvalue weighted by Gasteiger charge is -2.15. The van der Waals surface area contributed by atoms with E-state index in [0.29, 0.717) is 17.3 Å².